The van der Waals surface area contributed by atoms with Crippen LogP contribution in [0.3, 0.4) is 0 Å². The molecule has 1 N–H and O–H groups in total. The maximum Gasteiger partial charge on any atom is 0.0525 e. The van der Waals surface area contributed by atoms with E-state index in [1.54, 1.807) is 17.7 Å². The van der Waals surface area contributed by atoms with Gasteiger partial charge in [-0.2, -0.15) is 5.54 Å². The summed E-state index contributed by atoms with van der Waals surface area (Å²) in [5.74, 6) is 0. The van der Waals surface area contributed by atoms with Crippen molar-refractivity contribution in [2.24, 2.45) is 0 Å². The summed E-state index contributed by atoms with van der Waals surface area (Å²) < 4.78 is 11.6. The third-order valence-electron chi connectivity index (χ3n) is 1.22. The quantitative estimate of drug-likeness (QED) is 0.653. The van der Waals surface area contributed by atoms with Gasteiger partial charge in [0.05, 0.1) is 6.54 Å². The highest BCUT2D eigenvalue weighted by atomic mass is 35.5. The molecule has 0 saturated heterocycles. The van der Waals surface area contributed by atoms with Crippen molar-refractivity contribution in [3.8, 4) is 0 Å². The van der Waals surface area contributed by atoms with Crippen molar-refractivity contribution < 1.29 is 4.48 Å². The number of nitrogens with one attached hydrogen (secondary N) is 1. The molecule has 0 aliphatic heterocycles. The van der Waals surface area contributed by atoms with Gasteiger partial charge in [-0.15, -0.1) is 4.48 Å². The number of halogens is 2. The lowest BCUT2D eigenvalue weighted by Crippen LogP contribution is -1.99. The second-order valence-corrected chi connectivity index (χ2v) is 2.31. The molecule has 0 amide bonds. The van der Waals surface area contributed by atoms with Gasteiger partial charge in [0.1, 0.15) is 0 Å². The first-order valence-electron chi connectivity index (χ1n) is 2.91. The molecule has 1 aromatic carbocycles. The molecule has 0 atom stereocenters. The molecule has 0 saturated carbocycles. The van der Waals surface area contributed by atoms with Crippen LogP contribution in [0.25, 0.3) is 0 Å². The lowest BCUT2D eigenvalue weighted by Gasteiger charge is -1.98. The summed E-state index contributed by atoms with van der Waals surface area (Å²) in [4.78, 5) is 0. The summed E-state index contributed by atoms with van der Waals surface area (Å²) in [5.41, 5.74) is 2.31. The van der Waals surface area contributed by atoms with E-state index in [-0.39, 0.29) is 6.54 Å². The second-order valence-electron chi connectivity index (χ2n) is 1.90. The Morgan fingerprint density at radius 2 is 2.10 bits per heavy atom. The fraction of sp³-hybridized carbons (Fsp3) is 0.143. The predicted octanol–water partition coefficient (Wildman–Crippen LogP) is 2.31. The number of hydrogen-bond acceptors (Lipinski definition) is 1. The molecule has 0 radical (unpaired) electrons. The van der Waals surface area contributed by atoms with Gasteiger partial charge in [0.2, 0.25) is 0 Å². The fourth-order valence-corrected chi connectivity index (χ4v) is 0.916. The number of rotatable bonds is 2. The van der Waals surface area contributed by atoms with E-state index in [0.717, 1.165) is 5.56 Å². The molecule has 0 heterocycles. The minimum atomic E-state index is 0.166. The molecule has 0 bridgehead atoms. The van der Waals surface area contributed by atoms with Gasteiger partial charge in [0.25, 0.3) is 0 Å². The third-order valence-corrected chi connectivity index (χ3v) is 1.58. The summed E-state index contributed by atoms with van der Waals surface area (Å²) in [6.45, 7) is 0.166. The molecule has 54 valence electrons. The van der Waals surface area contributed by atoms with E-state index in [9.17, 15) is 4.48 Å². The maximum atomic E-state index is 11.6. The summed E-state index contributed by atoms with van der Waals surface area (Å²) in [7, 11) is 0. The fourth-order valence-electron chi connectivity index (χ4n) is 0.714. The zero-order valence-corrected chi connectivity index (χ0v) is 6.03. The Bertz CT molecular complexity index is 215. The Kier molecular flexibility index (Phi) is 2.66. The van der Waals surface area contributed by atoms with Gasteiger partial charge in [-0.3, -0.25) is 0 Å². The van der Waals surface area contributed by atoms with Crippen molar-refractivity contribution in [3.05, 3.63) is 34.9 Å². The highest BCUT2D eigenvalue weighted by molar-refractivity contribution is 6.31. The minimum Gasteiger partial charge on any atom is -0.155 e. The van der Waals surface area contributed by atoms with Crippen LogP contribution in [0.5, 0.6) is 0 Å². The van der Waals surface area contributed by atoms with Gasteiger partial charge >= 0.3 is 0 Å². The van der Waals surface area contributed by atoms with Crippen molar-refractivity contribution in [1.82, 2.24) is 5.54 Å². The highest BCUT2D eigenvalue weighted by Gasteiger charge is 1.95. The summed E-state index contributed by atoms with van der Waals surface area (Å²) in [6, 6.07) is 7.13. The zero-order chi connectivity index (χ0) is 7.40. The summed E-state index contributed by atoms with van der Waals surface area (Å²) in [6.07, 6.45) is 0. The Morgan fingerprint density at radius 1 is 1.40 bits per heavy atom. The van der Waals surface area contributed by atoms with Gasteiger partial charge in [0, 0.05) is 5.02 Å². The number of benzene rings is 1. The van der Waals surface area contributed by atoms with E-state index in [1.165, 1.54) is 0 Å². The van der Waals surface area contributed by atoms with Crippen molar-refractivity contribution in [3.63, 3.8) is 0 Å². The highest BCUT2D eigenvalue weighted by Crippen LogP contribution is 2.13. The van der Waals surface area contributed by atoms with E-state index < -0.39 is 0 Å². The van der Waals surface area contributed by atoms with Crippen molar-refractivity contribution in [2.75, 3.05) is 0 Å². The van der Waals surface area contributed by atoms with Crippen LogP contribution in [-0.2, 0) is 6.54 Å². The van der Waals surface area contributed by atoms with Crippen LogP contribution in [0.15, 0.2) is 24.3 Å². The monoisotopic (exact) mass is 159 g/mol. The third kappa shape index (κ3) is 1.69. The molecular formula is C7H7ClFN. The van der Waals surface area contributed by atoms with Crippen LogP contribution in [0.1, 0.15) is 5.56 Å². The predicted molar refractivity (Wildman–Crippen MR) is 39.4 cm³/mol. The Hall–Kier alpha value is -0.600. The molecule has 1 nitrogen and oxygen atoms in total. The molecule has 1 rings (SSSR count). The summed E-state index contributed by atoms with van der Waals surface area (Å²) >= 11 is 5.70. The molecule has 0 aliphatic carbocycles. The average molecular weight is 160 g/mol. The largest absolute Gasteiger partial charge is 0.155 e. The average Bonchev–Trinajstić information content (AvgIpc) is 1.94. The lowest BCUT2D eigenvalue weighted by molar-refractivity contribution is 0.330. The molecule has 0 unspecified atom stereocenters. The topological polar surface area (TPSA) is 12.0 Å². The van der Waals surface area contributed by atoms with Gasteiger partial charge < -0.3 is 0 Å². The van der Waals surface area contributed by atoms with Crippen LogP contribution >= 0.6 is 11.6 Å². The van der Waals surface area contributed by atoms with E-state index in [2.05, 4.69) is 0 Å². The van der Waals surface area contributed by atoms with E-state index in [4.69, 9.17) is 11.6 Å². The maximum absolute atomic E-state index is 11.6. The standard InChI is InChI=1S/C7H7ClFN/c8-7-4-2-1-3-6(7)5-10-9/h1-4,10H,5H2. The second kappa shape index (κ2) is 3.54. The Labute approximate surface area is 63.8 Å². The minimum absolute atomic E-state index is 0.166. The van der Waals surface area contributed by atoms with Gasteiger partial charge in [-0.1, -0.05) is 29.8 Å². The first kappa shape index (κ1) is 7.51. The molecule has 10 heavy (non-hydrogen) atoms. The molecule has 3 heteroatoms. The first-order chi connectivity index (χ1) is 4.84. The van der Waals surface area contributed by atoms with Crippen molar-refractivity contribution in [2.45, 2.75) is 6.54 Å². The zero-order valence-electron chi connectivity index (χ0n) is 5.27. The van der Waals surface area contributed by atoms with Gasteiger partial charge in [-0.05, 0) is 11.6 Å². The van der Waals surface area contributed by atoms with Crippen LogP contribution < -0.4 is 5.54 Å². The Morgan fingerprint density at radius 3 is 2.70 bits per heavy atom. The lowest BCUT2D eigenvalue weighted by atomic mass is 10.2. The van der Waals surface area contributed by atoms with Gasteiger partial charge in [-0.25, -0.2) is 0 Å². The van der Waals surface area contributed by atoms with E-state index in [1.807, 2.05) is 12.1 Å². The van der Waals surface area contributed by atoms with Crippen molar-refractivity contribution >= 4 is 11.6 Å². The summed E-state index contributed by atoms with van der Waals surface area (Å²) in [5, 5.41) is 0.590. The van der Waals surface area contributed by atoms with Crippen molar-refractivity contribution in [1.29, 1.82) is 0 Å². The van der Waals surface area contributed by atoms with E-state index >= 15 is 0 Å². The molecular weight excluding hydrogens is 153 g/mol. The Balaban J connectivity index is 2.81. The molecule has 0 fully saturated rings. The van der Waals surface area contributed by atoms with Crippen LogP contribution in [-0.4, -0.2) is 0 Å². The normalized spacial score (nSPS) is 9.80. The first-order valence-corrected chi connectivity index (χ1v) is 3.29. The van der Waals surface area contributed by atoms with Crippen LogP contribution in [0.2, 0.25) is 5.02 Å². The smallest absolute Gasteiger partial charge is 0.0525 e. The molecule has 0 aromatic heterocycles. The number of hydrogen-bond donors (Lipinski definition) is 1. The SMILES string of the molecule is FNCc1ccccc1Cl. The molecule has 0 spiro atoms. The molecule has 1 aromatic rings. The van der Waals surface area contributed by atoms with Crippen LogP contribution in [0, 0.1) is 0 Å². The van der Waals surface area contributed by atoms with E-state index in [0.29, 0.717) is 5.02 Å². The van der Waals surface area contributed by atoms with Crippen LogP contribution in [0.4, 0.5) is 4.48 Å². The van der Waals surface area contributed by atoms with Gasteiger partial charge in [0.15, 0.2) is 0 Å². The molecule has 0 aliphatic rings.